The van der Waals surface area contributed by atoms with Crippen LogP contribution in [0.1, 0.15) is 49.2 Å². The van der Waals surface area contributed by atoms with Gasteiger partial charge < -0.3 is 4.74 Å². The molecule has 0 aromatic heterocycles. The fourth-order valence-corrected chi connectivity index (χ4v) is 2.61. The Morgan fingerprint density at radius 1 is 1.08 bits per heavy atom. The number of esters is 1. The molecule has 0 fully saturated rings. The van der Waals surface area contributed by atoms with Gasteiger partial charge in [0.1, 0.15) is 0 Å². The summed E-state index contributed by atoms with van der Waals surface area (Å²) in [6.45, 7) is 7.91. The maximum atomic E-state index is 12.4. The molecule has 0 bridgehead atoms. The quantitative estimate of drug-likeness (QED) is 0.398. The number of carbonyl (C=O) groups excluding carboxylic acids is 2. The van der Waals surface area contributed by atoms with E-state index in [0.29, 0.717) is 10.6 Å². The predicted octanol–water partition coefficient (Wildman–Crippen LogP) is 5.47. The lowest BCUT2D eigenvalue weighted by Crippen LogP contribution is -2.23. The molecule has 26 heavy (non-hydrogen) atoms. The van der Waals surface area contributed by atoms with Crippen LogP contribution in [0.15, 0.2) is 54.6 Å². The average Bonchev–Trinajstić information content (AvgIpc) is 2.58. The van der Waals surface area contributed by atoms with Gasteiger partial charge in [-0.15, -0.1) is 0 Å². The van der Waals surface area contributed by atoms with Gasteiger partial charge in [-0.2, -0.15) is 0 Å². The second-order valence-corrected chi connectivity index (χ2v) is 7.60. The average molecular weight is 371 g/mol. The zero-order valence-corrected chi connectivity index (χ0v) is 16.2. The standard InChI is InChI=1S/C22H23ClO3/c1-15(21(25)17-9-11-18(12-10-17)22(2,3)4)26-20(24)13-8-16-6-5-7-19(23)14-16/h5-15H,1-4H3/b13-8+/t15-/m0/s1. The molecule has 0 spiro atoms. The predicted molar refractivity (Wildman–Crippen MR) is 106 cm³/mol. The fourth-order valence-electron chi connectivity index (χ4n) is 2.41. The van der Waals surface area contributed by atoms with Gasteiger partial charge in [0.2, 0.25) is 5.78 Å². The molecule has 4 heteroatoms. The molecule has 0 radical (unpaired) electrons. The maximum absolute atomic E-state index is 12.4. The lowest BCUT2D eigenvalue weighted by Gasteiger charge is -2.19. The highest BCUT2D eigenvalue weighted by Crippen LogP contribution is 2.22. The van der Waals surface area contributed by atoms with E-state index in [1.165, 1.54) is 6.08 Å². The van der Waals surface area contributed by atoms with Crippen LogP contribution < -0.4 is 0 Å². The van der Waals surface area contributed by atoms with E-state index in [-0.39, 0.29) is 11.2 Å². The van der Waals surface area contributed by atoms with Crippen LogP contribution in [0.25, 0.3) is 6.08 Å². The van der Waals surface area contributed by atoms with Crippen molar-refractivity contribution in [1.29, 1.82) is 0 Å². The van der Waals surface area contributed by atoms with Gasteiger partial charge in [-0.1, -0.05) is 68.8 Å². The number of rotatable bonds is 5. The summed E-state index contributed by atoms with van der Waals surface area (Å²) in [6, 6.07) is 14.5. The Morgan fingerprint density at radius 3 is 2.31 bits per heavy atom. The number of halogens is 1. The van der Waals surface area contributed by atoms with Crippen molar-refractivity contribution in [2.24, 2.45) is 0 Å². The monoisotopic (exact) mass is 370 g/mol. The van der Waals surface area contributed by atoms with E-state index in [4.69, 9.17) is 16.3 Å². The van der Waals surface area contributed by atoms with Crippen LogP contribution in [0.5, 0.6) is 0 Å². The minimum Gasteiger partial charge on any atom is -0.451 e. The van der Waals surface area contributed by atoms with Crippen molar-refractivity contribution in [1.82, 2.24) is 0 Å². The first-order valence-corrected chi connectivity index (χ1v) is 8.83. The van der Waals surface area contributed by atoms with Gasteiger partial charge in [-0.3, -0.25) is 4.79 Å². The Hall–Kier alpha value is -2.39. The Balaban J connectivity index is 1.99. The van der Waals surface area contributed by atoms with Crippen LogP contribution in [0.4, 0.5) is 0 Å². The minimum absolute atomic E-state index is 0.0186. The number of benzene rings is 2. The molecule has 0 unspecified atom stereocenters. The number of carbonyl (C=O) groups is 2. The fraction of sp³-hybridized carbons (Fsp3) is 0.273. The normalized spacial score (nSPS) is 12.8. The van der Waals surface area contributed by atoms with Gasteiger partial charge in [-0.05, 0) is 41.7 Å². The van der Waals surface area contributed by atoms with Crippen LogP contribution >= 0.6 is 11.6 Å². The third-order valence-electron chi connectivity index (χ3n) is 3.96. The molecule has 0 aliphatic rings. The van der Waals surface area contributed by atoms with Crippen molar-refractivity contribution in [2.75, 3.05) is 0 Å². The van der Waals surface area contributed by atoms with E-state index < -0.39 is 12.1 Å². The number of Topliss-reactive ketones (excluding diaryl/α,β-unsaturated/α-hetero) is 1. The second kappa shape index (κ2) is 8.33. The molecule has 2 aromatic carbocycles. The second-order valence-electron chi connectivity index (χ2n) is 7.16. The third-order valence-corrected chi connectivity index (χ3v) is 4.19. The van der Waals surface area contributed by atoms with Crippen LogP contribution in [-0.2, 0) is 14.9 Å². The Labute approximate surface area is 159 Å². The summed E-state index contributed by atoms with van der Waals surface area (Å²) in [4.78, 5) is 24.4. The Bertz CT molecular complexity index is 814. The number of ether oxygens (including phenoxy) is 1. The van der Waals surface area contributed by atoms with Crippen molar-refractivity contribution < 1.29 is 14.3 Å². The largest absolute Gasteiger partial charge is 0.451 e. The van der Waals surface area contributed by atoms with E-state index in [9.17, 15) is 9.59 Å². The summed E-state index contributed by atoms with van der Waals surface area (Å²) >= 11 is 5.90. The van der Waals surface area contributed by atoms with E-state index in [1.54, 1.807) is 43.3 Å². The first-order valence-electron chi connectivity index (χ1n) is 8.46. The van der Waals surface area contributed by atoms with Crippen molar-refractivity contribution in [3.63, 3.8) is 0 Å². The molecule has 136 valence electrons. The molecular weight excluding hydrogens is 348 g/mol. The van der Waals surface area contributed by atoms with E-state index >= 15 is 0 Å². The SMILES string of the molecule is C[C@H](OC(=O)/C=C/c1cccc(Cl)c1)C(=O)c1ccc(C(C)(C)C)cc1. The molecule has 0 N–H and O–H groups in total. The Kier molecular flexibility index (Phi) is 6.38. The molecule has 0 aliphatic heterocycles. The molecule has 1 atom stereocenters. The Morgan fingerprint density at radius 2 is 1.73 bits per heavy atom. The van der Waals surface area contributed by atoms with E-state index in [0.717, 1.165) is 11.1 Å². The minimum atomic E-state index is -0.855. The van der Waals surface area contributed by atoms with Crippen LogP contribution in [-0.4, -0.2) is 17.9 Å². The molecule has 2 rings (SSSR count). The highest BCUT2D eigenvalue weighted by molar-refractivity contribution is 6.30. The summed E-state index contributed by atoms with van der Waals surface area (Å²) in [5, 5.41) is 0.586. The van der Waals surface area contributed by atoms with Gasteiger partial charge in [0, 0.05) is 16.7 Å². The summed E-state index contributed by atoms with van der Waals surface area (Å²) in [6.07, 6.45) is 2.04. The molecule has 0 heterocycles. The van der Waals surface area contributed by atoms with Crippen molar-refractivity contribution in [3.8, 4) is 0 Å². The summed E-state index contributed by atoms with van der Waals surface area (Å²) in [7, 11) is 0. The first kappa shape index (κ1) is 19.9. The van der Waals surface area contributed by atoms with Crippen molar-refractivity contribution in [3.05, 3.63) is 76.3 Å². The number of ketones is 1. The smallest absolute Gasteiger partial charge is 0.331 e. The van der Waals surface area contributed by atoms with Crippen molar-refractivity contribution >= 4 is 29.4 Å². The number of hydrogen-bond acceptors (Lipinski definition) is 3. The highest BCUT2D eigenvalue weighted by Gasteiger charge is 2.20. The van der Waals surface area contributed by atoms with Gasteiger partial charge in [-0.25, -0.2) is 4.79 Å². The maximum Gasteiger partial charge on any atom is 0.331 e. The van der Waals surface area contributed by atoms with E-state index in [2.05, 4.69) is 20.8 Å². The zero-order valence-electron chi connectivity index (χ0n) is 15.5. The molecule has 0 amide bonds. The lowest BCUT2D eigenvalue weighted by atomic mass is 9.86. The summed E-state index contributed by atoms with van der Waals surface area (Å²) in [5.41, 5.74) is 2.47. The molecule has 0 saturated heterocycles. The summed E-state index contributed by atoms with van der Waals surface area (Å²) < 4.78 is 5.21. The van der Waals surface area contributed by atoms with Crippen LogP contribution in [0.3, 0.4) is 0 Å². The van der Waals surface area contributed by atoms with Gasteiger partial charge in [0.15, 0.2) is 6.10 Å². The van der Waals surface area contributed by atoms with Gasteiger partial charge >= 0.3 is 5.97 Å². The van der Waals surface area contributed by atoms with Gasteiger partial charge in [0.05, 0.1) is 0 Å². The van der Waals surface area contributed by atoms with E-state index in [1.807, 2.05) is 18.2 Å². The zero-order chi connectivity index (χ0) is 19.3. The molecule has 0 saturated carbocycles. The first-order chi connectivity index (χ1) is 12.2. The lowest BCUT2D eigenvalue weighted by molar-refractivity contribution is -0.140. The third kappa shape index (κ3) is 5.57. The van der Waals surface area contributed by atoms with Crippen LogP contribution in [0, 0.1) is 0 Å². The van der Waals surface area contributed by atoms with Crippen molar-refractivity contribution in [2.45, 2.75) is 39.2 Å². The molecular formula is C22H23ClO3. The molecule has 2 aromatic rings. The van der Waals surface area contributed by atoms with Gasteiger partial charge in [0.25, 0.3) is 0 Å². The molecule has 0 aliphatic carbocycles. The molecule has 3 nitrogen and oxygen atoms in total. The summed E-state index contributed by atoms with van der Waals surface area (Å²) in [5.74, 6) is -0.799. The topological polar surface area (TPSA) is 43.4 Å². The number of hydrogen-bond donors (Lipinski definition) is 0. The highest BCUT2D eigenvalue weighted by atomic mass is 35.5. The van der Waals surface area contributed by atoms with Crippen LogP contribution in [0.2, 0.25) is 5.02 Å².